The first-order valence-electron chi connectivity index (χ1n) is 9.00. The van der Waals surface area contributed by atoms with E-state index in [1.54, 1.807) is 54.5 Å². The number of nitrogens with one attached hydrogen (secondary N) is 2. The van der Waals surface area contributed by atoms with Crippen molar-refractivity contribution in [1.29, 1.82) is 0 Å². The number of hydrogen-bond acceptors (Lipinski definition) is 6. The number of H-pyrrole nitrogens is 1. The van der Waals surface area contributed by atoms with Crippen molar-refractivity contribution >= 4 is 39.2 Å². The number of ether oxygens (including phenoxy) is 1. The van der Waals surface area contributed by atoms with E-state index in [0.717, 1.165) is 16.3 Å². The summed E-state index contributed by atoms with van der Waals surface area (Å²) in [5, 5.41) is 3.55. The quantitative estimate of drug-likeness (QED) is 0.545. The number of carbonyl (C=O) groups is 1. The molecule has 0 fully saturated rings. The number of amides is 1. The Morgan fingerprint density at radius 2 is 2.07 bits per heavy atom. The summed E-state index contributed by atoms with van der Waals surface area (Å²) < 4.78 is 5.09. The van der Waals surface area contributed by atoms with Crippen molar-refractivity contribution in [2.75, 3.05) is 19.4 Å². The maximum atomic E-state index is 12.3. The van der Waals surface area contributed by atoms with Crippen LogP contribution < -0.4 is 15.6 Å². The number of nitrogens with zero attached hydrogens (tertiary/aromatic N) is 1. The predicted octanol–water partition coefficient (Wildman–Crippen LogP) is 3.78. The van der Waals surface area contributed by atoms with Crippen molar-refractivity contribution in [3.8, 4) is 5.75 Å². The van der Waals surface area contributed by atoms with Crippen LogP contribution >= 0.6 is 23.1 Å². The average Bonchev–Trinajstić information content (AvgIpc) is 3.13. The van der Waals surface area contributed by atoms with Crippen molar-refractivity contribution in [2.24, 2.45) is 0 Å². The van der Waals surface area contributed by atoms with Crippen LogP contribution in [0.3, 0.4) is 0 Å². The minimum Gasteiger partial charge on any atom is -0.497 e. The van der Waals surface area contributed by atoms with E-state index in [4.69, 9.17) is 4.74 Å². The molecule has 1 amide bonds. The molecule has 0 spiro atoms. The molecule has 0 saturated heterocycles. The number of fused-ring (bicyclic) bond motifs is 1. The van der Waals surface area contributed by atoms with E-state index in [9.17, 15) is 9.59 Å². The molecular weight excluding hydrogens is 394 g/mol. The Morgan fingerprint density at radius 1 is 1.32 bits per heavy atom. The van der Waals surface area contributed by atoms with E-state index in [1.807, 2.05) is 6.07 Å². The zero-order chi connectivity index (χ0) is 20.1. The van der Waals surface area contributed by atoms with Gasteiger partial charge < -0.3 is 15.0 Å². The van der Waals surface area contributed by atoms with Crippen LogP contribution in [0, 0.1) is 0 Å². The Morgan fingerprint density at radius 3 is 2.75 bits per heavy atom. The Hall–Kier alpha value is -2.32. The number of thioether (sulfide) groups is 1. The summed E-state index contributed by atoms with van der Waals surface area (Å²) in [5.41, 5.74) is 0.512. The fraction of sp³-hybridized carbons (Fsp3) is 0.350. The van der Waals surface area contributed by atoms with Gasteiger partial charge >= 0.3 is 0 Å². The van der Waals surface area contributed by atoms with Crippen molar-refractivity contribution in [1.82, 2.24) is 15.3 Å². The molecule has 0 aliphatic carbocycles. The van der Waals surface area contributed by atoms with Gasteiger partial charge in [0.25, 0.3) is 11.5 Å². The second-order valence-corrected chi connectivity index (χ2v) is 8.74. The standard InChI is InChI=1S/C20H23N3O3S2/c1-12(2)16-10-15-19(25)22-17(23-20(15)28-16)11-27-9-8-21-18(24)13-4-6-14(26-3)7-5-13/h4-7,10,12H,8-9,11H2,1-3H3,(H,21,24)(H,22,23,25). The molecule has 2 N–H and O–H groups in total. The molecule has 0 saturated carbocycles. The molecule has 0 atom stereocenters. The van der Waals surface area contributed by atoms with Gasteiger partial charge in [-0.25, -0.2) is 4.98 Å². The van der Waals surface area contributed by atoms with Gasteiger partial charge in [0, 0.05) is 22.7 Å². The van der Waals surface area contributed by atoms with E-state index >= 15 is 0 Å². The van der Waals surface area contributed by atoms with Crippen molar-refractivity contribution in [3.63, 3.8) is 0 Å². The summed E-state index contributed by atoms with van der Waals surface area (Å²) in [6.07, 6.45) is 0. The fourth-order valence-electron chi connectivity index (χ4n) is 2.60. The van der Waals surface area contributed by atoms with Crippen LogP contribution in [0.4, 0.5) is 0 Å². The zero-order valence-corrected chi connectivity index (χ0v) is 17.7. The molecule has 0 radical (unpaired) electrons. The number of methoxy groups -OCH3 is 1. The minimum absolute atomic E-state index is 0.0865. The molecule has 2 heterocycles. The topological polar surface area (TPSA) is 84.1 Å². The number of aromatic amines is 1. The minimum atomic E-state index is -0.115. The molecule has 0 aliphatic heterocycles. The highest BCUT2D eigenvalue weighted by Crippen LogP contribution is 2.27. The molecular formula is C20H23N3O3S2. The van der Waals surface area contributed by atoms with Gasteiger partial charge in [-0.3, -0.25) is 9.59 Å². The van der Waals surface area contributed by atoms with E-state index < -0.39 is 0 Å². The second kappa shape index (κ2) is 9.25. The van der Waals surface area contributed by atoms with Crippen molar-refractivity contribution in [2.45, 2.75) is 25.5 Å². The maximum absolute atomic E-state index is 12.3. The van der Waals surface area contributed by atoms with Gasteiger partial charge in [0.2, 0.25) is 0 Å². The Bertz CT molecular complexity index is 1010. The third-order valence-corrected chi connectivity index (χ3v) is 6.46. The first kappa shape index (κ1) is 20.4. The Balaban J connectivity index is 1.49. The summed E-state index contributed by atoms with van der Waals surface area (Å²) in [6.45, 7) is 4.75. The first-order valence-corrected chi connectivity index (χ1v) is 11.0. The largest absolute Gasteiger partial charge is 0.497 e. The monoisotopic (exact) mass is 417 g/mol. The van der Waals surface area contributed by atoms with Crippen LogP contribution in [0.5, 0.6) is 5.75 Å². The van der Waals surface area contributed by atoms with Crippen LogP contribution in [0.1, 0.15) is 40.8 Å². The lowest BCUT2D eigenvalue weighted by molar-refractivity contribution is 0.0956. The van der Waals surface area contributed by atoms with Crippen molar-refractivity contribution in [3.05, 3.63) is 57.0 Å². The fourth-order valence-corrected chi connectivity index (χ4v) is 4.37. The average molecular weight is 418 g/mol. The third kappa shape index (κ3) is 4.94. The maximum Gasteiger partial charge on any atom is 0.259 e. The van der Waals surface area contributed by atoms with Crippen LogP contribution in [-0.4, -0.2) is 35.3 Å². The van der Waals surface area contributed by atoms with E-state index in [-0.39, 0.29) is 11.5 Å². The molecule has 28 heavy (non-hydrogen) atoms. The molecule has 148 valence electrons. The van der Waals surface area contributed by atoms with Gasteiger partial charge in [0.15, 0.2) is 0 Å². The van der Waals surface area contributed by atoms with Gasteiger partial charge in [-0.15, -0.1) is 11.3 Å². The third-order valence-electron chi connectivity index (χ3n) is 4.16. The molecule has 8 heteroatoms. The van der Waals surface area contributed by atoms with Gasteiger partial charge in [-0.05, 0) is 36.2 Å². The summed E-state index contributed by atoms with van der Waals surface area (Å²) in [6, 6.07) is 8.92. The molecule has 6 nitrogen and oxygen atoms in total. The van der Waals surface area contributed by atoms with E-state index in [2.05, 4.69) is 29.1 Å². The Kier molecular flexibility index (Phi) is 6.74. The highest BCUT2D eigenvalue weighted by Gasteiger charge is 2.11. The van der Waals surface area contributed by atoms with E-state index in [1.165, 1.54) is 4.88 Å². The predicted molar refractivity (Wildman–Crippen MR) is 116 cm³/mol. The van der Waals surface area contributed by atoms with Crippen LogP contribution in [0.25, 0.3) is 10.2 Å². The smallest absolute Gasteiger partial charge is 0.259 e. The SMILES string of the molecule is COc1ccc(C(=O)NCCSCc2nc3sc(C(C)C)cc3c(=O)[nH]2)cc1. The number of aromatic nitrogens is 2. The molecule has 0 bridgehead atoms. The van der Waals surface area contributed by atoms with Crippen LogP contribution in [0.2, 0.25) is 0 Å². The van der Waals surface area contributed by atoms with Crippen molar-refractivity contribution < 1.29 is 9.53 Å². The highest BCUT2D eigenvalue weighted by atomic mass is 32.2. The number of carbonyl (C=O) groups excluding carboxylic acids is 1. The van der Waals surface area contributed by atoms with E-state index in [0.29, 0.717) is 35.0 Å². The molecule has 3 rings (SSSR count). The lowest BCUT2D eigenvalue weighted by Gasteiger charge is -2.06. The lowest BCUT2D eigenvalue weighted by atomic mass is 10.2. The molecule has 3 aromatic rings. The zero-order valence-electron chi connectivity index (χ0n) is 16.1. The van der Waals surface area contributed by atoms with Gasteiger partial charge in [0.05, 0.1) is 18.2 Å². The Labute approximate surface area is 171 Å². The van der Waals surface area contributed by atoms with Crippen LogP contribution in [0.15, 0.2) is 35.1 Å². The molecule has 0 aliphatic rings. The first-order chi connectivity index (χ1) is 13.5. The van der Waals surface area contributed by atoms with Gasteiger partial charge in [0.1, 0.15) is 16.4 Å². The highest BCUT2D eigenvalue weighted by molar-refractivity contribution is 7.98. The summed E-state index contributed by atoms with van der Waals surface area (Å²) in [4.78, 5) is 33.7. The number of benzene rings is 1. The molecule has 0 unspecified atom stereocenters. The number of hydrogen-bond donors (Lipinski definition) is 2. The van der Waals surface area contributed by atoms with Gasteiger partial charge in [-0.1, -0.05) is 13.8 Å². The number of thiophene rings is 1. The van der Waals surface area contributed by atoms with Gasteiger partial charge in [-0.2, -0.15) is 11.8 Å². The number of rotatable bonds is 8. The normalized spacial score (nSPS) is 11.1. The summed E-state index contributed by atoms with van der Waals surface area (Å²) >= 11 is 3.19. The van der Waals surface area contributed by atoms with Crippen LogP contribution in [-0.2, 0) is 5.75 Å². The lowest BCUT2D eigenvalue weighted by Crippen LogP contribution is -2.25. The molecule has 1 aromatic carbocycles. The molecule has 2 aromatic heterocycles. The summed E-state index contributed by atoms with van der Waals surface area (Å²) in [5.74, 6) is 2.98. The second-order valence-electron chi connectivity index (χ2n) is 6.57. The summed E-state index contributed by atoms with van der Waals surface area (Å²) in [7, 11) is 1.59.